The molecule has 0 spiro atoms. The Labute approximate surface area is 71.7 Å². The topological polar surface area (TPSA) is 43.5 Å². The van der Waals surface area contributed by atoms with E-state index >= 15 is 0 Å². The normalized spacial score (nSPS) is 37.5. The van der Waals surface area contributed by atoms with Crippen LogP contribution in [-0.4, -0.2) is 51.8 Å². The van der Waals surface area contributed by atoms with Gasteiger partial charge in [-0.3, -0.25) is 0 Å². The van der Waals surface area contributed by atoms with Crippen molar-refractivity contribution in [3.63, 3.8) is 0 Å². The van der Waals surface area contributed by atoms with Gasteiger partial charge in [-0.1, -0.05) is 0 Å². The quantitative estimate of drug-likeness (QED) is 0.542. The van der Waals surface area contributed by atoms with E-state index in [1.165, 1.54) is 0 Å². The molecule has 2 fully saturated rings. The first-order valence-corrected chi connectivity index (χ1v) is 4.15. The van der Waals surface area contributed by atoms with Gasteiger partial charge in [0.25, 0.3) is 0 Å². The molecule has 0 aliphatic carbocycles. The Morgan fingerprint density at radius 1 is 1.00 bits per heavy atom. The van der Waals surface area contributed by atoms with Gasteiger partial charge in [-0.2, -0.15) is 0 Å². The molecule has 0 aromatic heterocycles. The Balaban J connectivity index is 1.91. The molecule has 70 valence electrons. The van der Waals surface area contributed by atoms with Crippen LogP contribution in [0.3, 0.4) is 0 Å². The minimum Gasteiger partial charge on any atom is -0.376 e. The first-order chi connectivity index (χ1) is 5.86. The summed E-state index contributed by atoms with van der Waals surface area (Å²) >= 11 is 0. The van der Waals surface area contributed by atoms with Crippen molar-refractivity contribution in [2.24, 2.45) is 0 Å². The smallest absolute Gasteiger partial charge is 0.114 e. The van der Waals surface area contributed by atoms with Crippen LogP contribution in [0.15, 0.2) is 0 Å². The number of rotatable bonds is 5. The van der Waals surface area contributed by atoms with Gasteiger partial charge >= 0.3 is 0 Å². The predicted octanol–water partition coefficient (Wildman–Crippen LogP) is -0.186. The van der Waals surface area contributed by atoms with Gasteiger partial charge < -0.3 is 18.9 Å². The monoisotopic (exact) mass is 174 g/mol. The molecule has 12 heavy (non-hydrogen) atoms. The Bertz CT molecular complexity index is 135. The van der Waals surface area contributed by atoms with E-state index in [2.05, 4.69) is 0 Å². The van der Waals surface area contributed by atoms with Crippen LogP contribution < -0.4 is 0 Å². The summed E-state index contributed by atoms with van der Waals surface area (Å²) in [6.45, 7) is 1.57. The van der Waals surface area contributed by atoms with Gasteiger partial charge in [0.1, 0.15) is 24.4 Å². The van der Waals surface area contributed by atoms with E-state index in [4.69, 9.17) is 18.9 Å². The third-order valence-electron chi connectivity index (χ3n) is 2.32. The summed E-state index contributed by atoms with van der Waals surface area (Å²) < 4.78 is 20.9. The largest absolute Gasteiger partial charge is 0.376 e. The van der Waals surface area contributed by atoms with Crippen molar-refractivity contribution in [3.05, 3.63) is 0 Å². The molecule has 0 radical (unpaired) electrons. The molecule has 0 aromatic carbocycles. The van der Waals surface area contributed by atoms with E-state index < -0.39 is 0 Å². The minimum atomic E-state index is 0.0301. The fourth-order valence-corrected chi connectivity index (χ4v) is 1.49. The lowest BCUT2D eigenvalue weighted by molar-refractivity contribution is -0.0589. The van der Waals surface area contributed by atoms with Crippen LogP contribution in [0.25, 0.3) is 0 Å². The molecule has 0 bridgehead atoms. The molecule has 2 saturated heterocycles. The van der Waals surface area contributed by atoms with E-state index in [1.54, 1.807) is 14.2 Å². The lowest BCUT2D eigenvalue weighted by atomic mass is 10.1. The molecule has 2 rings (SSSR count). The van der Waals surface area contributed by atoms with E-state index in [1.807, 2.05) is 0 Å². The first-order valence-electron chi connectivity index (χ1n) is 4.15. The van der Waals surface area contributed by atoms with Crippen molar-refractivity contribution in [1.82, 2.24) is 0 Å². The van der Waals surface area contributed by atoms with E-state index in [-0.39, 0.29) is 24.4 Å². The molecular formula is C8H14O4. The van der Waals surface area contributed by atoms with Crippen LogP contribution in [0, 0.1) is 0 Å². The number of hydrogen-bond donors (Lipinski definition) is 0. The molecule has 0 aromatic rings. The second kappa shape index (κ2) is 3.30. The average molecular weight is 174 g/mol. The summed E-state index contributed by atoms with van der Waals surface area (Å²) in [7, 11) is 3.36. The first kappa shape index (κ1) is 8.44. The fourth-order valence-electron chi connectivity index (χ4n) is 1.49. The van der Waals surface area contributed by atoms with Gasteiger partial charge in [0.15, 0.2) is 0 Å². The highest BCUT2D eigenvalue weighted by Crippen LogP contribution is 2.27. The fraction of sp³-hybridized carbons (Fsp3) is 1.00. The van der Waals surface area contributed by atoms with Gasteiger partial charge in [0.2, 0.25) is 0 Å². The molecule has 0 amide bonds. The summed E-state index contributed by atoms with van der Waals surface area (Å²) in [5.74, 6) is 0. The molecule has 2 aliphatic heterocycles. The van der Waals surface area contributed by atoms with Crippen molar-refractivity contribution in [1.29, 1.82) is 0 Å². The lowest BCUT2D eigenvalue weighted by Crippen LogP contribution is -2.38. The molecule has 0 N–H and O–H groups in total. The van der Waals surface area contributed by atoms with Gasteiger partial charge in [0.05, 0.1) is 13.2 Å². The standard InChI is InChI=1S/C8H14O4/c1-9-7(5-3-11-5)8(10-2)6-4-12-6/h5-8H,3-4H2,1-2H3/t5-,6-,7-,8-/m1/s1. The predicted molar refractivity (Wildman–Crippen MR) is 41.1 cm³/mol. The maximum absolute atomic E-state index is 5.30. The number of epoxide rings is 2. The Hall–Kier alpha value is -0.160. The molecule has 4 heteroatoms. The third-order valence-corrected chi connectivity index (χ3v) is 2.32. The molecular weight excluding hydrogens is 160 g/mol. The van der Waals surface area contributed by atoms with Gasteiger partial charge in [0, 0.05) is 14.2 Å². The average Bonchev–Trinajstić information content (AvgIpc) is 2.85. The zero-order valence-corrected chi connectivity index (χ0v) is 7.36. The number of methoxy groups -OCH3 is 2. The molecule has 2 heterocycles. The highest BCUT2D eigenvalue weighted by atomic mass is 16.6. The van der Waals surface area contributed by atoms with Crippen molar-refractivity contribution in [2.45, 2.75) is 24.4 Å². The summed E-state index contributed by atoms with van der Waals surface area (Å²) in [5, 5.41) is 0. The van der Waals surface area contributed by atoms with E-state index in [0.29, 0.717) is 0 Å². The van der Waals surface area contributed by atoms with Crippen molar-refractivity contribution in [2.75, 3.05) is 27.4 Å². The van der Waals surface area contributed by atoms with Crippen molar-refractivity contribution >= 4 is 0 Å². The van der Waals surface area contributed by atoms with Crippen LogP contribution in [-0.2, 0) is 18.9 Å². The second-order valence-electron chi connectivity index (χ2n) is 3.14. The van der Waals surface area contributed by atoms with Crippen molar-refractivity contribution < 1.29 is 18.9 Å². The summed E-state index contributed by atoms with van der Waals surface area (Å²) in [5.41, 5.74) is 0. The van der Waals surface area contributed by atoms with Crippen LogP contribution in [0.2, 0.25) is 0 Å². The molecule has 4 atom stereocenters. The zero-order chi connectivity index (χ0) is 8.55. The van der Waals surface area contributed by atoms with Crippen molar-refractivity contribution in [3.8, 4) is 0 Å². The van der Waals surface area contributed by atoms with Gasteiger partial charge in [-0.05, 0) is 0 Å². The Kier molecular flexibility index (Phi) is 2.32. The minimum absolute atomic E-state index is 0.0301. The molecule has 4 nitrogen and oxygen atoms in total. The van der Waals surface area contributed by atoms with Crippen LogP contribution in [0.1, 0.15) is 0 Å². The lowest BCUT2D eigenvalue weighted by Gasteiger charge is -2.21. The highest BCUT2D eigenvalue weighted by molar-refractivity contribution is 4.93. The number of hydrogen-bond acceptors (Lipinski definition) is 4. The molecule has 2 aliphatic rings. The Morgan fingerprint density at radius 3 is 1.50 bits per heavy atom. The molecule has 0 unspecified atom stereocenters. The maximum Gasteiger partial charge on any atom is 0.114 e. The highest BCUT2D eigenvalue weighted by Gasteiger charge is 2.46. The van der Waals surface area contributed by atoms with Gasteiger partial charge in [-0.15, -0.1) is 0 Å². The van der Waals surface area contributed by atoms with Crippen LogP contribution >= 0.6 is 0 Å². The maximum atomic E-state index is 5.30. The van der Waals surface area contributed by atoms with Gasteiger partial charge in [-0.25, -0.2) is 0 Å². The summed E-state index contributed by atoms with van der Waals surface area (Å²) in [4.78, 5) is 0. The summed E-state index contributed by atoms with van der Waals surface area (Å²) in [6.07, 6.45) is 0.485. The SMILES string of the molecule is CO[C@@H]([C@H](OC)[C@H]1CO1)[C@H]1CO1. The molecule has 0 saturated carbocycles. The van der Waals surface area contributed by atoms with Crippen LogP contribution in [0.4, 0.5) is 0 Å². The third kappa shape index (κ3) is 1.61. The second-order valence-corrected chi connectivity index (χ2v) is 3.14. The summed E-state index contributed by atoms with van der Waals surface area (Å²) in [6, 6.07) is 0. The van der Waals surface area contributed by atoms with E-state index in [0.717, 1.165) is 13.2 Å². The van der Waals surface area contributed by atoms with Crippen LogP contribution in [0.5, 0.6) is 0 Å². The number of ether oxygens (including phenoxy) is 4. The Morgan fingerprint density at radius 2 is 1.33 bits per heavy atom. The zero-order valence-electron chi connectivity index (χ0n) is 7.36. The van der Waals surface area contributed by atoms with E-state index in [9.17, 15) is 0 Å².